The molecule has 6 heteroatoms. The second-order valence-electron chi connectivity index (χ2n) is 2.10. The van der Waals surface area contributed by atoms with Gasteiger partial charge in [-0.25, -0.2) is 0 Å². The van der Waals surface area contributed by atoms with Crippen LogP contribution in [0.4, 0.5) is 0 Å². The molecule has 0 aliphatic carbocycles. The standard InChI is InChI=1S/C6H10I2NO3/c1-2-11-3-12-6(10)4(7)5-8-9-5/h4-5,9H,2-3H2,1H3/q-1. The van der Waals surface area contributed by atoms with Crippen molar-refractivity contribution >= 4 is 28.6 Å². The van der Waals surface area contributed by atoms with E-state index in [1.54, 1.807) is 0 Å². The van der Waals surface area contributed by atoms with Crippen molar-refractivity contribution in [2.75, 3.05) is 13.4 Å². The second kappa shape index (κ2) is 5.55. The summed E-state index contributed by atoms with van der Waals surface area (Å²) < 4.78 is 13.3. The Kier molecular flexibility index (Phi) is 5.06. The van der Waals surface area contributed by atoms with Crippen LogP contribution < -0.4 is 25.0 Å². The number of rotatable bonds is 5. The van der Waals surface area contributed by atoms with Gasteiger partial charge in [0.2, 0.25) is 0 Å². The predicted octanol–water partition coefficient (Wildman–Crippen LogP) is -2.74. The first-order chi connectivity index (χ1) is 5.75. The van der Waals surface area contributed by atoms with E-state index in [1.807, 2.05) is 6.92 Å². The molecule has 0 aromatic carbocycles. The molecule has 1 fully saturated rings. The fourth-order valence-corrected chi connectivity index (χ4v) is 3.66. The minimum atomic E-state index is -0.168. The van der Waals surface area contributed by atoms with Gasteiger partial charge in [0.1, 0.15) is 0 Å². The van der Waals surface area contributed by atoms with Crippen molar-refractivity contribution in [1.29, 1.82) is 0 Å². The number of carbonyl (C=O) groups is 1. The summed E-state index contributed by atoms with van der Waals surface area (Å²) in [6, 6.07) is 0. The van der Waals surface area contributed by atoms with Crippen LogP contribution in [-0.2, 0) is 14.3 Å². The Hall–Kier alpha value is 0.850. The molecule has 4 nitrogen and oxygen atoms in total. The van der Waals surface area contributed by atoms with E-state index < -0.39 is 0 Å². The van der Waals surface area contributed by atoms with Crippen LogP contribution in [0.2, 0.25) is 0 Å². The first kappa shape index (κ1) is 10.9. The molecule has 0 saturated carbocycles. The molecule has 1 aliphatic rings. The Balaban J connectivity index is 2.09. The van der Waals surface area contributed by atoms with Crippen LogP contribution in [0.5, 0.6) is 0 Å². The van der Waals surface area contributed by atoms with Crippen molar-refractivity contribution in [2.45, 2.75) is 14.9 Å². The average Bonchev–Trinajstić information content (AvgIpc) is 2.86. The van der Waals surface area contributed by atoms with Crippen molar-refractivity contribution in [3.8, 4) is 0 Å². The van der Waals surface area contributed by atoms with Crippen LogP contribution >= 0.6 is 22.6 Å². The maximum atomic E-state index is 11.2. The fourth-order valence-electron chi connectivity index (χ4n) is 0.529. The Labute approximate surface area is 95.5 Å². The summed E-state index contributed by atoms with van der Waals surface area (Å²) in [6.07, 6.45) is 0. The predicted molar refractivity (Wildman–Crippen MR) is 47.3 cm³/mol. The van der Waals surface area contributed by atoms with Gasteiger partial charge in [-0.05, 0) is 0 Å². The molecule has 1 saturated heterocycles. The van der Waals surface area contributed by atoms with Gasteiger partial charge >= 0.3 is 96.1 Å². The third-order valence-electron chi connectivity index (χ3n) is 1.21. The van der Waals surface area contributed by atoms with Crippen LogP contribution in [0.15, 0.2) is 0 Å². The molecule has 2 unspecified atom stereocenters. The number of hydrogen-bond donors (Lipinski definition) is 1. The summed E-state index contributed by atoms with van der Waals surface area (Å²) in [4.78, 5) is 11.2. The summed E-state index contributed by atoms with van der Waals surface area (Å²) in [7, 11) is 0. The van der Waals surface area contributed by atoms with Crippen molar-refractivity contribution in [1.82, 2.24) is 3.53 Å². The Morgan fingerprint density at radius 3 is 3.00 bits per heavy atom. The Morgan fingerprint density at radius 1 is 1.83 bits per heavy atom. The van der Waals surface area contributed by atoms with Gasteiger partial charge in [-0.1, -0.05) is 0 Å². The van der Waals surface area contributed by atoms with Crippen LogP contribution in [0.25, 0.3) is 0 Å². The Bertz CT molecular complexity index is 163. The van der Waals surface area contributed by atoms with E-state index in [4.69, 9.17) is 9.47 Å². The number of ether oxygens (including phenoxy) is 2. The molecule has 0 aromatic heterocycles. The number of carbonyl (C=O) groups excluding carboxylic acids is 1. The SMILES string of the molecule is CCOCOC(=O)C(I)C1N[I-]1. The van der Waals surface area contributed by atoms with Crippen molar-refractivity contribution in [2.24, 2.45) is 0 Å². The summed E-state index contributed by atoms with van der Waals surface area (Å²) in [5, 5.41) is 0. The van der Waals surface area contributed by atoms with E-state index in [0.717, 1.165) is 0 Å². The second-order valence-corrected chi connectivity index (χ2v) is 6.03. The van der Waals surface area contributed by atoms with Gasteiger partial charge in [0, 0.05) is 0 Å². The summed E-state index contributed by atoms with van der Waals surface area (Å²) in [6.45, 7) is 2.52. The summed E-state index contributed by atoms with van der Waals surface area (Å²) in [5.41, 5.74) is 0. The van der Waals surface area contributed by atoms with E-state index in [0.29, 0.717) is 10.7 Å². The van der Waals surface area contributed by atoms with E-state index in [-0.39, 0.29) is 38.2 Å². The number of nitrogens with one attached hydrogen (secondary N) is 1. The van der Waals surface area contributed by atoms with Crippen molar-refractivity contribution in [3.05, 3.63) is 0 Å². The molecule has 0 spiro atoms. The number of halogens is 2. The molecule has 2 atom stereocenters. The molecule has 0 amide bonds. The Morgan fingerprint density at radius 2 is 2.50 bits per heavy atom. The zero-order valence-corrected chi connectivity index (χ0v) is 10.9. The van der Waals surface area contributed by atoms with E-state index >= 15 is 0 Å². The zero-order chi connectivity index (χ0) is 8.97. The van der Waals surface area contributed by atoms with Crippen molar-refractivity contribution in [3.63, 3.8) is 0 Å². The van der Waals surface area contributed by atoms with E-state index in [1.165, 1.54) is 0 Å². The molecule has 1 aliphatic heterocycles. The third kappa shape index (κ3) is 3.71. The van der Waals surface area contributed by atoms with Gasteiger partial charge in [0.25, 0.3) is 0 Å². The third-order valence-corrected chi connectivity index (χ3v) is 5.87. The number of alkyl halides is 2. The van der Waals surface area contributed by atoms with Crippen LogP contribution in [0, 0.1) is 0 Å². The van der Waals surface area contributed by atoms with Crippen LogP contribution in [0.1, 0.15) is 6.92 Å². The molecule has 1 heterocycles. The normalized spacial score (nSPS) is 24.0. The number of esters is 1. The van der Waals surface area contributed by atoms with Gasteiger partial charge in [0.15, 0.2) is 0 Å². The van der Waals surface area contributed by atoms with E-state index in [9.17, 15) is 4.79 Å². The molecule has 1 N–H and O–H groups in total. The topological polar surface area (TPSA) is 57.5 Å². The molecular formula is C6H10I2NO3-. The van der Waals surface area contributed by atoms with E-state index in [2.05, 4.69) is 26.1 Å². The molecule has 0 radical (unpaired) electrons. The zero-order valence-electron chi connectivity index (χ0n) is 6.55. The first-order valence-corrected chi connectivity index (χ1v) is 7.09. The van der Waals surface area contributed by atoms with Gasteiger partial charge in [-0.3, -0.25) is 0 Å². The molecule has 72 valence electrons. The van der Waals surface area contributed by atoms with Gasteiger partial charge in [-0.15, -0.1) is 0 Å². The molecule has 0 aromatic rings. The maximum absolute atomic E-state index is 11.2. The minimum absolute atomic E-state index is 0.0316. The van der Waals surface area contributed by atoms with Crippen LogP contribution in [-0.4, -0.2) is 27.3 Å². The molecule has 0 bridgehead atoms. The quantitative estimate of drug-likeness (QED) is 0.0799. The van der Waals surface area contributed by atoms with Gasteiger partial charge in [0.05, 0.1) is 0 Å². The first-order valence-electron chi connectivity index (χ1n) is 3.52. The molecule has 12 heavy (non-hydrogen) atoms. The van der Waals surface area contributed by atoms with Crippen molar-refractivity contribution < 1.29 is 35.7 Å². The van der Waals surface area contributed by atoms with Gasteiger partial charge in [-0.2, -0.15) is 0 Å². The summed E-state index contributed by atoms with van der Waals surface area (Å²) >= 11 is 2.19. The van der Waals surface area contributed by atoms with Gasteiger partial charge < -0.3 is 0 Å². The molecular weight excluding hydrogens is 388 g/mol. The number of hydrogen-bond acceptors (Lipinski definition) is 4. The molecule has 1 rings (SSSR count). The summed E-state index contributed by atoms with van der Waals surface area (Å²) in [5.74, 6) is -0.168. The fraction of sp³-hybridized carbons (Fsp3) is 0.833. The van der Waals surface area contributed by atoms with Crippen LogP contribution in [0.3, 0.4) is 0 Å². The average molecular weight is 398 g/mol. The monoisotopic (exact) mass is 398 g/mol.